The summed E-state index contributed by atoms with van der Waals surface area (Å²) in [4.78, 5) is 41.5. The van der Waals surface area contributed by atoms with Gasteiger partial charge in [-0.2, -0.15) is 18.3 Å². The van der Waals surface area contributed by atoms with Gasteiger partial charge in [-0.1, -0.05) is 0 Å². The van der Waals surface area contributed by atoms with Crippen molar-refractivity contribution in [2.24, 2.45) is 0 Å². The number of benzene rings is 2. The highest BCUT2D eigenvalue weighted by molar-refractivity contribution is 6.08. The average molecular weight is 558 g/mol. The van der Waals surface area contributed by atoms with Crippen molar-refractivity contribution in [1.82, 2.24) is 14.6 Å². The number of alkyl halides is 3. The first-order valence-corrected chi connectivity index (χ1v) is 11.3. The Hall–Kier alpha value is -5.14. The van der Waals surface area contributed by atoms with E-state index in [-0.39, 0.29) is 33.9 Å². The minimum Gasteiger partial charge on any atom is -0.493 e. The molecule has 0 saturated heterocycles. The van der Waals surface area contributed by atoms with E-state index >= 15 is 0 Å². The van der Waals surface area contributed by atoms with Crippen molar-refractivity contribution in [3.05, 3.63) is 71.0 Å². The van der Waals surface area contributed by atoms with E-state index in [9.17, 15) is 27.6 Å². The standard InChI is InChI=1S/C26H21F3N4O7/c1-37-19-8-6-13(10-20(19)38-2)16-11-21(26(27,28)29)33-22(30-16)12-18(32-33)23(34)31-17-9-14(24(35)39-3)5-7-15(17)25(36)40-4/h5-12H,1-4H3,(H,31,34). The molecule has 1 N–H and O–H groups in total. The first-order valence-electron chi connectivity index (χ1n) is 11.3. The molecule has 11 nitrogen and oxygen atoms in total. The Labute approximate surface area is 224 Å². The summed E-state index contributed by atoms with van der Waals surface area (Å²) in [7, 11) is 5.06. The molecule has 2 aromatic heterocycles. The molecular weight excluding hydrogens is 537 g/mol. The third kappa shape index (κ3) is 5.36. The average Bonchev–Trinajstić information content (AvgIpc) is 3.39. The summed E-state index contributed by atoms with van der Waals surface area (Å²) < 4.78 is 62.4. The summed E-state index contributed by atoms with van der Waals surface area (Å²) in [5.41, 5.74) is -1.94. The van der Waals surface area contributed by atoms with E-state index in [4.69, 9.17) is 14.2 Å². The zero-order valence-electron chi connectivity index (χ0n) is 21.5. The number of nitrogens with one attached hydrogen (secondary N) is 1. The number of hydrogen-bond donors (Lipinski definition) is 1. The lowest BCUT2D eigenvalue weighted by atomic mass is 10.1. The number of esters is 2. The monoisotopic (exact) mass is 558 g/mol. The number of fused-ring (bicyclic) bond motifs is 1. The molecule has 0 saturated carbocycles. The quantitative estimate of drug-likeness (QED) is 0.331. The molecule has 208 valence electrons. The van der Waals surface area contributed by atoms with Crippen molar-refractivity contribution < 1.29 is 46.5 Å². The third-order valence-electron chi connectivity index (χ3n) is 5.72. The lowest BCUT2D eigenvalue weighted by molar-refractivity contribution is -0.142. The highest BCUT2D eigenvalue weighted by atomic mass is 19.4. The molecule has 2 heterocycles. The minimum absolute atomic E-state index is 0.000963. The highest BCUT2D eigenvalue weighted by Crippen LogP contribution is 2.35. The number of amides is 1. The van der Waals surface area contributed by atoms with Crippen molar-refractivity contribution in [1.29, 1.82) is 0 Å². The molecule has 0 atom stereocenters. The van der Waals surface area contributed by atoms with Gasteiger partial charge in [-0.15, -0.1) is 0 Å². The fourth-order valence-corrected chi connectivity index (χ4v) is 3.80. The van der Waals surface area contributed by atoms with Gasteiger partial charge in [0.05, 0.1) is 50.9 Å². The molecule has 0 aliphatic carbocycles. The molecular formula is C26H21F3N4O7. The first kappa shape index (κ1) is 27.9. The number of anilines is 1. The van der Waals surface area contributed by atoms with E-state index in [2.05, 4.69) is 20.1 Å². The number of methoxy groups -OCH3 is 4. The van der Waals surface area contributed by atoms with Gasteiger partial charge in [-0.3, -0.25) is 4.79 Å². The normalized spacial score (nSPS) is 11.2. The van der Waals surface area contributed by atoms with E-state index in [1.54, 1.807) is 0 Å². The van der Waals surface area contributed by atoms with Crippen LogP contribution in [0.4, 0.5) is 18.9 Å². The van der Waals surface area contributed by atoms with E-state index in [1.807, 2.05) is 0 Å². The van der Waals surface area contributed by atoms with Crippen LogP contribution >= 0.6 is 0 Å². The molecule has 0 aliphatic rings. The van der Waals surface area contributed by atoms with Gasteiger partial charge in [-0.05, 0) is 42.5 Å². The summed E-state index contributed by atoms with van der Waals surface area (Å²) in [5, 5.41) is 6.20. The summed E-state index contributed by atoms with van der Waals surface area (Å²) >= 11 is 0. The molecule has 2 aromatic carbocycles. The van der Waals surface area contributed by atoms with Crippen LogP contribution in [0, 0.1) is 0 Å². The number of rotatable bonds is 7. The van der Waals surface area contributed by atoms with Crippen molar-refractivity contribution in [3.63, 3.8) is 0 Å². The summed E-state index contributed by atoms with van der Waals surface area (Å²) in [6, 6.07) is 10.0. The van der Waals surface area contributed by atoms with Crippen molar-refractivity contribution in [3.8, 4) is 22.8 Å². The van der Waals surface area contributed by atoms with Gasteiger partial charge in [0.15, 0.2) is 28.5 Å². The molecule has 4 aromatic rings. The Bertz CT molecular complexity index is 1630. The molecule has 40 heavy (non-hydrogen) atoms. The number of carbonyl (C=O) groups excluding carboxylic acids is 3. The van der Waals surface area contributed by atoms with Gasteiger partial charge < -0.3 is 24.3 Å². The van der Waals surface area contributed by atoms with E-state index < -0.39 is 35.4 Å². The molecule has 0 fully saturated rings. The number of aromatic nitrogens is 3. The van der Waals surface area contributed by atoms with E-state index in [0.717, 1.165) is 26.4 Å². The molecule has 0 aliphatic heterocycles. The van der Waals surface area contributed by atoms with Crippen LogP contribution in [0.5, 0.6) is 11.5 Å². The number of halogens is 3. The van der Waals surface area contributed by atoms with Gasteiger partial charge in [0.2, 0.25) is 0 Å². The lowest BCUT2D eigenvalue weighted by Crippen LogP contribution is -2.18. The van der Waals surface area contributed by atoms with Crippen molar-refractivity contribution in [2.75, 3.05) is 33.8 Å². The van der Waals surface area contributed by atoms with Gasteiger partial charge >= 0.3 is 18.1 Å². The Balaban J connectivity index is 1.79. The van der Waals surface area contributed by atoms with Crippen LogP contribution in [0.15, 0.2) is 48.5 Å². The second-order valence-electron chi connectivity index (χ2n) is 8.09. The maximum atomic E-state index is 14.0. The Kier molecular flexibility index (Phi) is 7.61. The molecule has 14 heteroatoms. The fraction of sp³-hybridized carbons (Fsp3) is 0.192. The predicted molar refractivity (Wildman–Crippen MR) is 134 cm³/mol. The minimum atomic E-state index is -4.86. The van der Waals surface area contributed by atoms with E-state index in [1.165, 1.54) is 50.6 Å². The van der Waals surface area contributed by atoms with Gasteiger partial charge in [0.25, 0.3) is 5.91 Å². The summed E-state index contributed by atoms with van der Waals surface area (Å²) in [5.74, 6) is -1.91. The van der Waals surface area contributed by atoms with Crippen LogP contribution < -0.4 is 14.8 Å². The molecule has 0 unspecified atom stereocenters. The number of ether oxygens (including phenoxy) is 4. The summed E-state index contributed by atoms with van der Waals surface area (Å²) in [6.45, 7) is 0. The molecule has 1 amide bonds. The second kappa shape index (κ2) is 10.9. The largest absolute Gasteiger partial charge is 0.493 e. The highest BCUT2D eigenvalue weighted by Gasteiger charge is 2.36. The maximum Gasteiger partial charge on any atom is 0.433 e. The molecule has 0 spiro atoms. The Morgan fingerprint density at radius 1 is 0.850 bits per heavy atom. The third-order valence-corrected chi connectivity index (χ3v) is 5.72. The SMILES string of the molecule is COC(=O)c1ccc(C(=O)OC)c(NC(=O)c2cc3nc(-c4ccc(OC)c(OC)c4)cc(C(F)(F)F)n3n2)c1. The van der Waals surface area contributed by atoms with Crippen LogP contribution in [-0.4, -0.2) is 60.9 Å². The van der Waals surface area contributed by atoms with Crippen molar-refractivity contribution in [2.45, 2.75) is 6.18 Å². The van der Waals surface area contributed by atoms with Gasteiger partial charge in [-0.25, -0.2) is 19.1 Å². The molecule has 4 rings (SSSR count). The molecule has 0 radical (unpaired) electrons. The smallest absolute Gasteiger partial charge is 0.433 e. The van der Waals surface area contributed by atoms with Crippen LogP contribution in [0.25, 0.3) is 16.9 Å². The van der Waals surface area contributed by atoms with Crippen LogP contribution in [0.2, 0.25) is 0 Å². The number of hydrogen-bond acceptors (Lipinski definition) is 9. The number of nitrogens with zero attached hydrogens (tertiary/aromatic N) is 3. The lowest BCUT2D eigenvalue weighted by Gasteiger charge is -2.12. The zero-order chi connectivity index (χ0) is 29.2. The summed E-state index contributed by atoms with van der Waals surface area (Å²) in [6.07, 6.45) is -4.86. The fourth-order valence-electron chi connectivity index (χ4n) is 3.80. The van der Waals surface area contributed by atoms with Crippen LogP contribution in [0.1, 0.15) is 36.9 Å². The molecule has 0 bridgehead atoms. The van der Waals surface area contributed by atoms with E-state index in [0.29, 0.717) is 15.8 Å². The van der Waals surface area contributed by atoms with Gasteiger partial charge in [0, 0.05) is 11.6 Å². The number of carbonyl (C=O) groups is 3. The predicted octanol–water partition coefficient (Wildman–Crippen LogP) is 4.26. The first-order chi connectivity index (χ1) is 19.0. The second-order valence-corrected chi connectivity index (χ2v) is 8.09. The van der Waals surface area contributed by atoms with Crippen molar-refractivity contribution >= 4 is 29.2 Å². The maximum absolute atomic E-state index is 14.0. The Morgan fingerprint density at radius 2 is 1.55 bits per heavy atom. The van der Waals surface area contributed by atoms with Crippen LogP contribution in [0.3, 0.4) is 0 Å². The topological polar surface area (TPSA) is 130 Å². The van der Waals surface area contributed by atoms with Gasteiger partial charge in [0.1, 0.15) is 0 Å². The van der Waals surface area contributed by atoms with Crippen LogP contribution in [-0.2, 0) is 15.7 Å². The Morgan fingerprint density at radius 3 is 2.17 bits per heavy atom. The zero-order valence-corrected chi connectivity index (χ0v) is 21.5.